The van der Waals surface area contributed by atoms with E-state index in [1.54, 1.807) is 12.1 Å². The first-order valence-corrected chi connectivity index (χ1v) is 12.8. The van der Waals surface area contributed by atoms with Crippen LogP contribution in [-0.2, 0) is 19.3 Å². The molecule has 0 unspecified atom stereocenters. The first-order valence-electron chi connectivity index (χ1n) is 12.4. The number of ether oxygens (including phenoxy) is 1. The highest BCUT2D eigenvalue weighted by Gasteiger charge is 2.36. The van der Waals surface area contributed by atoms with Crippen LogP contribution in [0.5, 0.6) is 5.75 Å². The molecule has 0 spiro atoms. The molecule has 3 aromatic rings. The monoisotopic (exact) mass is 559 g/mol. The van der Waals surface area contributed by atoms with E-state index in [1.165, 1.54) is 6.07 Å². The lowest BCUT2D eigenvalue weighted by Gasteiger charge is -2.29. The van der Waals surface area contributed by atoms with Crippen molar-refractivity contribution in [2.45, 2.75) is 50.7 Å². The van der Waals surface area contributed by atoms with Gasteiger partial charge in [0.15, 0.2) is 17.8 Å². The number of aliphatic hydroxyl groups excluding tert-OH is 1. The fourth-order valence-corrected chi connectivity index (χ4v) is 5.13. The Morgan fingerprint density at radius 1 is 1.21 bits per heavy atom. The van der Waals surface area contributed by atoms with Crippen molar-refractivity contribution in [3.8, 4) is 11.9 Å². The normalized spacial score (nSPS) is 19.4. The Balaban J connectivity index is 1.47. The number of benzene rings is 2. The fourth-order valence-electron chi connectivity index (χ4n) is 5.00. The standard InChI is InChI=1S/C26H25ClF3N7O2/c27-18-6-3-16(4-7-18)13-37-23(14-38)34-35-24(37)21-2-1-10-36(21)25(32-15-31)33-20-9-11-39-22-12-17(26(28,29)30)5-8-19(20)22/h3-8,12,20-21,38H,1-2,9-11,13-14H2,(H,32,33)/t20-,21+/m0/s1. The molecule has 3 heterocycles. The van der Waals surface area contributed by atoms with Crippen molar-refractivity contribution in [2.24, 2.45) is 4.99 Å². The molecule has 1 aromatic heterocycles. The molecule has 2 aliphatic rings. The van der Waals surface area contributed by atoms with E-state index in [1.807, 2.05) is 27.8 Å². The minimum absolute atomic E-state index is 0.134. The number of hydrogen-bond donors (Lipinski definition) is 2. The number of guanidine groups is 1. The van der Waals surface area contributed by atoms with E-state index >= 15 is 0 Å². The van der Waals surface area contributed by atoms with E-state index in [-0.39, 0.29) is 25.0 Å². The molecule has 2 N–H and O–H groups in total. The summed E-state index contributed by atoms with van der Waals surface area (Å²) in [4.78, 5) is 6.72. The van der Waals surface area contributed by atoms with Crippen molar-refractivity contribution in [1.82, 2.24) is 25.0 Å². The molecule has 5 rings (SSSR count). The maximum atomic E-state index is 13.2. The second-order valence-corrected chi connectivity index (χ2v) is 9.73. The van der Waals surface area contributed by atoms with Crippen LogP contribution in [0.4, 0.5) is 13.2 Å². The number of nitrogens with one attached hydrogen (secondary N) is 1. The van der Waals surface area contributed by atoms with Crippen LogP contribution in [-0.4, -0.2) is 43.9 Å². The van der Waals surface area contributed by atoms with Gasteiger partial charge in [-0.2, -0.15) is 18.4 Å². The van der Waals surface area contributed by atoms with Gasteiger partial charge >= 0.3 is 6.18 Å². The summed E-state index contributed by atoms with van der Waals surface area (Å²) in [5, 5.41) is 31.3. The van der Waals surface area contributed by atoms with Gasteiger partial charge in [0, 0.05) is 23.6 Å². The second kappa shape index (κ2) is 11.1. The summed E-state index contributed by atoms with van der Waals surface area (Å²) in [5.74, 6) is 1.44. The molecule has 13 heteroatoms. The highest BCUT2D eigenvalue weighted by atomic mass is 35.5. The summed E-state index contributed by atoms with van der Waals surface area (Å²) in [7, 11) is 0. The van der Waals surface area contributed by atoms with Gasteiger partial charge in [0.25, 0.3) is 0 Å². The number of aliphatic hydroxyl groups is 1. The first kappa shape index (κ1) is 26.8. The van der Waals surface area contributed by atoms with E-state index in [0.717, 1.165) is 24.1 Å². The van der Waals surface area contributed by atoms with E-state index in [2.05, 4.69) is 15.5 Å². The number of halogens is 4. The van der Waals surface area contributed by atoms with Crippen molar-refractivity contribution in [3.63, 3.8) is 0 Å². The van der Waals surface area contributed by atoms with E-state index in [0.29, 0.717) is 54.1 Å². The molecule has 0 radical (unpaired) electrons. The van der Waals surface area contributed by atoms with Crippen LogP contribution in [0.3, 0.4) is 0 Å². The SMILES string of the molecule is N#CNC(=N[C@H]1CCOc2cc(C(F)(F)F)ccc21)N1CCC[C@@H]1c1nnc(CO)n1Cc1ccc(Cl)cc1. The molecular weight excluding hydrogens is 535 g/mol. The lowest BCUT2D eigenvalue weighted by Crippen LogP contribution is -2.40. The number of nitriles is 1. The van der Waals surface area contributed by atoms with Gasteiger partial charge in [-0.25, -0.2) is 4.99 Å². The summed E-state index contributed by atoms with van der Waals surface area (Å²) >= 11 is 6.03. The van der Waals surface area contributed by atoms with Crippen LogP contribution in [0.15, 0.2) is 47.5 Å². The zero-order valence-corrected chi connectivity index (χ0v) is 21.5. The number of nitrogens with zero attached hydrogens (tertiary/aromatic N) is 6. The van der Waals surface area contributed by atoms with Crippen molar-refractivity contribution >= 4 is 17.6 Å². The van der Waals surface area contributed by atoms with Gasteiger partial charge in [-0.15, -0.1) is 10.2 Å². The summed E-state index contributed by atoms with van der Waals surface area (Å²) < 4.78 is 47.0. The molecule has 0 bridgehead atoms. The van der Waals surface area contributed by atoms with Gasteiger partial charge in [-0.1, -0.05) is 29.8 Å². The smallest absolute Gasteiger partial charge is 0.416 e. The molecule has 2 aliphatic heterocycles. The van der Waals surface area contributed by atoms with Gasteiger partial charge in [-0.05, 0) is 42.7 Å². The molecule has 9 nitrogen and oxygen atoms in total. The van der Waals surface area contributed by atoms with Crippen molar-refractivity contribution < 1.29 is 23.0 Å². The Labute approximate surface area is 227 Å². The Hall–Kier alpha value is -3.82. The minimum atomic E-state index is -4.49. The fraction of sp³-hybridized carbons (Fsp3) is 0.385. The van der Waals surface area contributed by atoms with Crippen LogP contribution >= 0.6 is 11.6 Å². The molecule has 0 aliphatic carbocycles. The van der Waals surface area contributed by atoms with Crippen LogP contribution in [0, 0.1) is 11.5 Å². The summed E-state index contributed by atoms with van der Waals surface area (Å²) in [6, 6.07) is 9.92. The molecule has 1 fully saturated rings. The molecule has 2 atom stereocenters. The molecule has 1 saturated heterocycles. The number of rotatable bonds is 5. The van der Waals surface area contributed by atoms with Gasteiger partial charge in [-0.3, -0.25) is 5.32 Å². The Morgan fingerprint density at radius 3 is 2.72 bits per heavy atom. The number of fused-ring (bicyclic) bond motifs is 1. The van der Waals surface area contributed by atoms with E-state index in [4.69, 9.17) is 21.3 Å². The maximum absolute atomic E-state index is 13.2. The molecule has 0 amide bonds. The summed E-state index contributed by atoms with van der Waals surface area (Å²) in [6.45, 7) is 0.876. The Bertz CT molecular complexity index is 1400. The lowest BCUT2D eigenvalue weighted by atomic mass is 9.99. The number of aliphatic imine (C=N–C) groups is 1. The summed E-state index contributed by atoms with van der Waals surface area (Å²) in [6.07, 6.45) is -0.615. The average Bonchev–Trinajstić information content (AvgIpc) is 3.56. The van der Waals surface area contributed by atoms with Crippen molar-refractivity contribution in [2.75, 3.05) is 13.2 Å². The topological polar surface area (TPSA) is 112 Å². The molecule has 2 aromatic carbocycles. The van der Waals surface area contributed by atoms with E-state index < -0.39 is 17.8 Å². The number of alkyl halides is 3. The van der Waals surface area contributed by atoms with E-state index in [9.17, 15) is 23.5 Å². The largest absolute Gasteiger partial charge is 0.493 e. The Kier molecular flexibility index (Phi) is 7.63. The third kappa shape index (κ3) is 5.65. The predicted octanol–water partition coefficient (Wildman–Crippen LogP) is 4.58. The average molecular weight is 560 g/mol. The lowest BCUT2D eigenvalue weighted by molar-refractivity contribution is -0.137. The highest BCUT2D eigenvalue weighted by molar-refractivity contribution is 6.30. The van der Waals surface area contributed by atoms with Crippen molar-refractivity contribution in [1.29, 1.82) is 5.26 Å². The molecule has 204 valence electrons. The summed E-state index contributed by atoms with van der Waals surface area (Å²) in [5.41, 5.74) is 0.678. The Morgan fingerprint density at radius 2 is 2.00 bits per heavy atom. The maximum Gasteiger partial charge on any atom is 0.416 e. The van der Waals surface area contributed by atoms with Gasteiger partial charge < -0.3 is 19.3 Å². The number of likely N-dealkylation sites (tertiary alicyclic amines) is 1. The predicted molar refractivity (Wildman–Crippen MR) is 136 cm³/mol. The van der Waals surface area contributed by atoms with Crippen molar-refractivity contribution in [3.05, 3.63) is 75.8 Å². The van der Waals surface area contributed by atoms with Crippen LogP contribution in [0.25, 0.3) is 0 Å². The number of aromatic nitrogens is 3. The molecule has 0 saturated carbocycles. The van der Waals surface area contributed by atoms with Crippen LogP contribution < -0.4 is 10.1 Å². The second-order valence-electron chi connectivity index (χ2n) is 9.29. The van der Waals surface area contributed by atoms with Crippen LogP contribution in [0.2, 0.25) is 5.02 Å². The number of hydrogen-bond acceptors (Lipinski definition) is 6. The molecule has 39 heavy (non-hydrogen) atoms. The minimum Gasteiger partial charge on any atom is -0.493 e. The first-order chi connectivity index (χ1) is 18.8. The zero-order chi connectivity index (χ0) is 27.6. The third-order valence-electron chi connectivity index (χ3n) is 6.87. The van der Waals surface area contributed by atoms with Gasteiger partial charge in [0.05, 0.1) is 30.8 Å². The third-order valence-corrected chi connectivity index (χ3v) is 7.12. The van der Waals surface area contributed by atoms with Gasteiger partial charge in [0.1, 0.15) is 12.4 Å². The molecular formula is C26H25ClF3N7O2. The van der Waals surface area contributed by atoms with Gasteiger partial charge in [0.2, 0.25) is 5.96 Å². The zero-order valence-electron chi connectivity index (χ0n) is 20.7. The van der Waals surface area contributed by atoms with Crippen LogP contribution in [0.1, 0.15) is 59.7 Å². The quantitative estimate of drug-likeness (QED) is 0.204. The highest BCUT2D eigenvalue weighted by Crippen LogP contribution is 2.40.